The number of benzene rings is 7. The van der Waals surface area contributed by atoms with Gasteiger partial charge in [0.05, 0.1) is 0 Å². The molecule has 0 bridgehead atoms. The van der Waals surface area contributed by atoms with Gasteiger partial charge in [-0.1, -0.05) is 115 Å². The molecule has 0 saturated carbocycles. The van der Waals surface area contributed by atoms with Crippen LogP contribution in [-0.4, -0.2) is 0 Å². The highest BCUT2D eigenvalue weighted by Gasteiger charge is 2.16. The third kappa shape index (κ3) is 3.73. The highest BCUT2D eigenvalue weighted by atomic mass is 15.1. The van der Waals surface area contributed by atoms with Crippen molar-refractivity contribution in [2.45, 2.75) is 0 Å². The third-order valence-electron chi connectivity index (χ3n) is 7.21. The molecule has 0 radical (unpaired) electrons. The Morgan fingerprint density at radius 1 is 0.270 bits per heavy atom. The summed E-state index contributed by atoms with van der Waals surface area (Å²) in [6, 6.07) is 54.4. The smallest absolute Gasteiger partial charge is 0.0468 e. The summed E-state index contributed by atoms with van der Waals surface area (Å²) in [5.41, 5.74) is 5.84. The lowest BCUT2D eigenvalue weighted by atomic mass is 9.94. The summed E-state index contributed by atoms with van der Waals surface area (Å²) in [5.74, 6) is 0. The average molecular weight is 472 g/mol. The van der Waals surface area contributed by atoms with Gasteiger partial charge in [-0.3, -0.25) is 0 Å². The Morgan fingerprint density at radius 3 is 1.38 bits per heavy atom. The summed E-state index contributed by atoms with van der Waals surface area (Å²) >= 11 is 0. The van der Waals surface area contributed by atoms with Gasteiger partial charge in [-0.15, -0.1) is 0 Å². The summed E-state index contributed by atoms with van der Waals surface area (Å²) in [4.78, 5) is 2.36. The van der Waals surface area contributed by atoms with Gasteiger partial charge in [-0.05, 0) is 79.8 Å². The minimum atomic E-state index is 1.14. The summed E-state index contributed by atoms with van der Waals surface area (Å²) < 4.78 is 0. The number of rotatable bonds is 4. The molecule has 7 rings (SSSR count). The van der Waals surface area contributed by atoms with Gasteiger partial charge >= 0.3 is 0 Å². The lowest BCUT2D eigenvalue weighted by Gasteiger charge is -2.26. The van der Waals surface area contributed by atoms with Crippen LogP contribution in [0.25, 0.3) is 43.4 Å². The van der Waals surface area contributed by atoms with Crippen molar-refractivity contribution in [2.24, 2.45) is 0 Å². The Kier molecular flexibility index (Phi) is 5.19. The quantitative estimate of drug-likeness (QED) is 0.231. The van der Waals surface area contributed by atoms with Crippen LogP contribution in [0.5, 0.6) is 0 Å². The monoisotopic (exact) mass is 471 g/mol. The number of para-hydroxylation sites is 1. The molecule has 0 aromatic heterocycles. The number of nitrogens with zero attached hydrogens (tertiary/aromatic N) is 1. The molecule has 7 aromatic carbocycles. The first-order valence-electron chi connectivity index (χ1n) is 12.7. The number of anilines is 3. The molecule has 0 aliphatic rings. The Morgan fingerprint density at radius 2 is 0.730 bits per heavy atom. The second-order valence-corrected chi connectivity index (χ2v) is 9.41. The van der Waals surface area contributed by atoms with E-state index >= 15 is 0 Å². The third-order valence-corrected chi connectivity index (χ3v) is 7.21. The molecule has 0 spiro atoms. The maximum Gasteiger partial charge on any atom is 0.0468 e. The maximum atomic E-state index is 2.36. The van der Waals surface area contributed by atoms with E-state index in [9.17, 15) is 0 Å². The van der Waals surface area contributed by atoms with Gasteiger partial charge in [0.2, 0.25) is 0 Å². The largest absolute Gasteiger partial charge is 0.310 e. The predicted molar refractivity (Wildman–Crippen MR) is 159 cm³/mol. The van der Waals surface area contributed by atoms with E-state index in [1.54, 1.807) is 0 Å². The number of hydrogen-bond acceptors (Lipinski definition) is 1. The molecule has 0 N–H and O–H groups in total. The molecule has 0 aliphatic carbocycles. The van der Waals surface area contributed by atoms with E-state index in [0.29, 0.717) is 0 Å². The summed E-state index contributed by atoms with van der Waals surface area (Å²) in [5, 5.41) is 7.72. The second-order valence-electron chi connectivity index (χ2n) is 9.41. The first kappa shape index (κ1) is 21.4. The maximum absolute atomic E-state index is 2.36. The fourth-order valence-electron chi connectivity index (χ4n) is 5.51. The minimum Gasteiger partial charge on any atom is -0.310 e. The van der Waals surface area contributed by atoms with E-state index in [0.717, 1.165) is 17.1 Å². The number of hydrogen-bond donors (Lipinski definition) is 0. The van der Waals surface area contributed by atoms with E-state index in [4.69, 9.17) is 0 Å². The van der Waals surface area contributed by atoms with Gasteiger partial charge in [0, 0.05) is 17.1 Å². The van der Waals surface area contributed by atoms with Crippen molar-refractivity contribution in [1.29, 1.82) is 0 Å². The van der Waals surface area contributed by atoms with Crippen LogP contribution >= 0.6 is 0 Å². The molecule has 37 heavy (non-hydrogen) atoms. The molecule has 0 fully saturated rings. The van der Waals surface area contributed by atoms with Crippen molar-refractivity contribution >= 4 is 49.4 Å². The molecule has 1 heteroatoms. The van der Waals surface area contributed by atoms with Crippen LogP contribution in [0.1, 0.15) is 0 Å². The van der Waals surface area contributed by atoms with Gasteiger partial charge in [0.15, 0.2) is 0 Å². The summed E-state index contributed by atoms with van der Waals surface area (Å²) in [6.45, 7) is 0. The summed E-state index contributed by atoms with van der Waals surface area (Å²) in [7, 11) is 0. The van der Waals surface area contributed by atoms with Crippen LogP contribution in [0.15, 0.2) is 152 Å². The van der Waals surface area contributed by atoms with Gasteiger partial charge in [-0.2, -0.15) is 0 Å². The number of fused-ring (bicyclic) bond motifs is 6. The van der Waals surface area contributed by atoms with Crippen LogP contribution in [0.3, 0.4) is 0 Å². The molecule has 0 unspecified atom stereocenters. The molecule has 0 aliphatic heterocycles. The summed E-state index contributed by atoms with van der Waals surface area (Å²) in [6.07, 6.45) is 0. The lowest BCUT2D eigenvalue weighted by molar-refractivity contribution is 1.29. The highest BCUT2D eigenvalue weighted by molar-refractivity contribution is 6.25. The molecule has 7 aromatic rings. The second kappa shape index (κ2) is 8.96. The highest BCUT2D eigenvalue weighted by Crippen LogP contribution is 2.41. The molecule has 1 nitrogen and oxygen atoms in total. The van der Waals surface area contributed by atoms with E-state index < -0.39 is 0 Å². The molecule has 0 atom stereocenters. The topological polar surface area (TPSA) is 3.24 Å². The predicted octanol–water partition coefficient (Wildman–Crippen LogP) is 10.3. The van der Waals surface area contributed by atoms with E-state index in [1.165, 1.54) is 43.4 Å². The van der Waals surface area contributed by atoms with Crippen molar-refractivity contribution in [1.82, 2.24) is 0 Å². The van der Waals surface area contributed by atoms with Crippen molar-refractivity contribution in [3.05, 3.63) is 152 Å². The fraction of sp³-hybridized carbons (Fsp3) is 0. The Labute approximate surface area is 216 Å². The van der Waals surface area contributed by atoms with Crippen molar-refractivity contribution in [2.75, 3.05) is 4.90 Å². The van der Waals surface area contributed by atoms with Crippen molar-refractivity contribution in [3.63, 3.8) is 0 Å². The van der Waals surface area contributed by atoms with E-state index in [2.05, 4.69) is 157 Å². The normalized spacial score (nSPS) is 11.2. The lowest BCUT2D eigenvalue weighted by Crippen LogP contribution is -2.10. The Bertz CT molecular complexity index is 1840. The van der Waals surface area contributed by atoms with E-state index in [1.807, 2.05) is 0 Å². The molecule has 0 heterocycles. The van der Waals surface area contributed by atoms with Gasteiger partial charge in [0.1, 0.15) is 0 Å². The standard InChI is InChI=1S/C36H25N/c1-3-12-26(13-4-1)27-14-11-17-29(24-27)37(28-15-5-2-6-16-28)30-22-23-35-33-20-8-7-18-31(33)32-19-9-10-21-34(32)36(35)25-30/h1-25H. The first-order chi connectivity index (χ1) is 18.4. The molecular formula is C36H25N. The minimum absolute atomic E-state index is 1.14. The van der Waals surface area contributed by atoms with Crippen LogP contribution in [0, 0.1) is 0 Å². The van der Waals surface area contributed by atoms with Gasteiger partial charge < -0.3 is 4.90 Å². The van der Waals surface area contributed by atoms with Crippen LogP contribution < -0.4 is 4.90 Å². The van der Waals surface area contributed by atoms with Crippen LogP contribution in [0.4, 0.5) is 17.1 Å². The molecule has 0 amide bonds. The van der Waals surface area contributed by atoms with Gasteiger partial charge in [-0.25, -0.2) is 0 Å². The zero-order valence-corrected chi connectivity index (χ0v) is 20.4. The molecule has 0 saturated heterocycles. The zero-order chi connectivity index (χ0) is 24.6. The molecular weight excluding hydrogens is 446 g/mol. The Balaban J connectivity index is 1.48. The van der Waals surface area contributed by atoms with Crippen molar-refractivity contribution < 1.29 is 0 Å². The van der Waals surface area contributed by atoms with Crippen LogP contribution in [-0.2, 0) is 0 Å². The zero-order valence-electron chi connectivity index (χ0n) is 20.4. The molecule has 174 valence electrons. The van der Waals surface area contributed by atoms with Crippen molar-refractivity contribution in [3.8, 4) is 11.1 Å². The first-order valence-corrected chi connectivity index (χ1v) is 12.7. The average Bonchev–Trinajstić information content (AvgIpc) is 2.99. The van der Waals surface area contributed by atoms with Crippen LogP contribution in [0.2, 0.25) is 0 Å². The van der Waals surface area contributed by atoms with Gasteiger partial charge in [0.25, 0.3) is 0 Å². The van der Waals surface area contributed by atoms with E-state index in [-0.39, 0.29) is 0 Å². The fourth-order valence-corrected chi connectivity index (χ4v) is 5.51. The SMILES string of the molecule is c1ccc(-c2cccc(N(c3ccccc3)c3ccc4c5ccccc5c5ccccc5c4c3)c2)cc1. The Hall–Kier alpha value is -4.88.